The first-order valence-electron chi connectivity index (χ1n) is 9.89. The lowest BCUT2D eigenvalue weighted by molar-refractivity contribution is -0.152. The molecule has 2 aromatic carbocycles. The summed E-state index contributed by atoms with van der Waals surface area (Å²) < 4.78 is 5.93. The number of hydrogen-bond acceptors (Lipinski definition) is 3. The van der Waals surface area contributed by atoms with Crippen LogP contribution >= 0.6 is 12.4 Å². The van der Waals surface area contributed by atoms with E-state index >= 15 is 0 Å². The summed E-state index contributed by atoms with van der Waals surface area (Å²) in [4.78, 5) is 15.5. The zero-order valence-corrected chi connectivity index (χ0v) is 17.7. The average Bonchev–Trinajstić information content (AvgIpc) is 2.56. The van der Waals surface area contributed by atoms with Gasteiger partial charge in [0.1, 0.15) is 5.75 Å². The van der Waals surface area contributed by atoms with Crippen LogP contribution in [0.1, 0.15) is 53.4 Å². The van der Waals surface area contributed by atoms with Crippen molar-refractivity contribution in [1.82, 2.24) is 4.90 Å². The Hall–Kier alpha value is -1.58. The average molecular weight is 390 g/mol. The molecule has 27 heavy (non-hydrogen) atoms. The van der Waals surface area contributed by atoms with Crippen molar-refractivity contribution in [2.45, 2.75) is 65.5 Å². The molecule has 0 saturated heterocycles. The number of halogens is 1. The van der Waals surface area contributed by atoms with Crippen molar-refractivity contribution in [3.8, 4) is 5.75 Å². The number of carbonyl (C=O) groups excluding carboxylic acids is 1. The van der Waals surface area contributed by atoms with Crippen molar-refractivity contribution in [1.29, 1.82) is 0 Å². The lowest BCUT2D eigenvalue weighted by Gasteiger charge is -2.42. The summed E-state index contributed by atoms with van der Waals surface area (Å²) in [7, 11) is 0. The van der Waals surface area contributed by atoms with Crippen LogP contribution in [-0.4, -0.2) is 29.5 Å². The molecule has 1 aliphatic rings. The Bertz CT molecular complexity index is 755. The highest BCUT2D eigenvalue weighted by Crippen LogP contribution is 2.46. The first kappa shape index (κ1) is 21.7. The number of benzene rings is 2. The highest BCUT2D eigenvalue weighted by molar-refractivity contribution is 5.91. The maximum Gasteiger partial charge on any atom is 0.317 e. The first-order valence-corrected chi connectivity index (χ1v) is 9.89. The molecular formula is C23H32ClNO2. The van der Waals surface area contributed by atoms with Crippen LogP contribution < -0.4 is 4.74 Å². The van der Waals surface area contributed by atoms with Gasteiger partial charge < -0.3 is 4.74 Å². The Morgan fingerprint density at radius 3 is 2.26 bits per heavy atom. The predicted molar refractivity (Wildman–Crippen MR) is 115 cm³/mol. The minimum Gasteiger partial charge on any atom is -0.425 e. The van der Waals surface area contributed by atoms with Gasteiger partial charge in [0, 0.05) is 17.5 Å². The number of esters is 1. The Labute approximate surface area is 169 Å². The highest BCUT2D eigenvalue weighted by atomic mass is 35.5. The van der Waals surface area contributed by atoms with Gasteiger partial charge >= 0.3 is 5.97 Å². The fourth-order valence-electron chi connectivity index (χ4n) is 4.11. The molecule has 3 rings (SSSR count). The molecule has 1 aliphatic carbocycles. The van der Waals surface area contributed by atoms with E-state index in [4.69, 9.17) is 4.74 Å². The summed E-state index contributed by atoms with van der Waals surface area (Å²) in [5.74, 6) is 0.636. The van der Waals surface area contributed by atoms with Crippen LogP contribution in [0.15, 0.2) is 42.5 Å². The lowest BCUT2D eigenvalue weighted by atomic mass is 9.66. The fourth-order valence-corrected chi connectivity index (χ4v) is 4.11. The molecule has 1 saturated carbocycles. The maximum atomic E-state index is 13.1. The Morgan fingerprint density at radius 2 is 1.67 bits per heavy atom. The van der Waals surface area contributed by atoms with Gasteiger partial charge in [-0.1, -0.05) is 42.8 Å². The second-order valence-electron chi connectivity index (χ2n) is 8.18. The minimum absolute atomic E-state index is 0. The van der Waals surface area contributed by atoms with Gasteiger partial charge in [-0.3, -0.25) is 9.69 Å². The molecular weight excluding hydrogens is 358 g/mol. The van der Waals surface area contributed by atoms with E-state index in [9.17, 15) is 4.79 Å². The fraction of sp³-hybridized carbons (Fsp3) is 0.522. The summed E-state index contributed by atoms with van der Waals surface area (Å²) in [5.41, 5.74) is -0.307. The Kier molecular flexibility index (Phi) is 7.30. The molecule has 0 radical (unpaired) electrons. The zero-order chi connectivity index (χ0) is 18.7. The lowest BCUT2D eigenvalue weighted by Crippen LogP contribution is -2.46. The molecule has 1 fully saturated rings. The minimum atomic E-state index is -0.307. The van der Waals surface area contributed by atoms with Crippen molar-refractivity contribution >= 4 is 29.1 Å². The van der Waals surface area contributed by atoms with Crippen molar-refractivity contribution in [2.24, 2.45) is 5.41 Å². The number of rotatable bonds is 7. The quantitative estimate of drug-likeness (QED) is 0.439. The molecule has 0 amide bonds. The summed E-state index contributed by atoms with van der Waals surface area (Å²) >= 11 is 0. The van der Waals surface area contributed by atoms with Crippen LogP contribution in [0, 0.1) is 5.41 Å². The maximum absolute atomic E-state index is 13.1. The van der Waals surface area contributed by atoms with Crippen LogP contribution in [0.3, 0.4) is 0 Å². The largest absolute Gasteiger partial charge is 0.425 e. The van der Waals surface area contributed by atoms with Gasteiger partial charge in [-0.05, 0) is 65.0 Å². The van der Waals surface area contributed by atoms with Crippen LogP contribution in [-0.2, 0) is 4.79 Å². The number of carbonyl (C=O) groups is 1. The highest BCUT2D eigenvalue weighted by Gasteiger charge is 2.45. The normalized spacial score (nSPS) is 15.7. The summed E-state index contributed by atoms with van der Waals surface area (Å²) in [6.45, 7) is 9.84. The molecule has 4 heteroatoms. The molecule has 0 atom stereocenters. The molecule has 0 heterocycles. The van der Waals surface area contributed by atoms with Crippen LogP contribution in [0.5, 0.6) is 5.75 Å². The molecule has 148 valence electrons. The number of hydrogen-bond donors (Lipinski definition) is 0. The molecule has 0 aromatic heterocycles. The van der Waals surface area contributed by atoms with Crippen molar-refractivity contribution in [2.75, 3.05) is 6.54 Å². The van der Waals surface area contributed by atoms with Gasteiger partial charge in [0.2, 0.25) is 0 Å². The van der Waals surface area contributed by atoms with Gasteiger partial charge in [-0.2, -0.15) is 0 Å². The van der Waals surface area contributed by atoms with E-state index in [2.05, 4.69) is 44.7 Å². The molecule has 2 aromatic rings. The molecule has 0 spiro atoms. The van der Waals surface area contributed by atoms with E-state index < -0.39 is 0 Å². The van der Waals surface area contributed by atoms with Crippen molar-refractivity contribution < 1.29 is 9.53 Å². The first-order chi connectivity index (χ1) is 12.4. The van der Waals surface area contributed by atoms with Crippen molar-refractivity contribution in [3.63, 3.8) is 0 Å². The molecule has 0 aliphatic heterocycles. The van der Waals surface area contributed by atoms with Crippen molar-refractivity contribution in [3.05, 3.63) is 42.5 Å². The topological polar surface area (TPSA) is 29.5 Å². The van der Waals surface area contributed by atoms with E-state index in [1.54, 1.807) is 0 Å². The van der Waals surface area contributed by atoms with E-state index in [0.717, 1.165) is 43.0 Å². The van der Waals surface area contributed by atoms with Gasteiger partial charge in [0.15, 0.2) is 0 Å². The Balaban J connectivity index is 0.00000261. The number of nitrogens with zero attached hydrogens (tertiary/aromatic N) is 1. The molecule has 3 nitrogen and oxygen atoms in total. The standard InChI is InChI=1S/C23H31NO2.ClH/c1-17(2)24(18(3)4)16-15-23(13-8-14-23)22(25)26-21-12-7-10-19-9-5-6-11-20(19)21;/h5-7,9-12,17-18H,8,13-16H2,1-4H3;1H. The third-order valence-corrected chi connectivity index (χ3v) is 5.87. The summed E-state index contributed by atoms with van der Waals surface area (Å²) in [6, 6.07) is 14.9. The Morgan fingerprint density at radius 1 is 1.04 bits per heavy atom. The monoisotopic (exact) mass is 389 g/mol. The van der Waals surface area contributed by atoms with Gasteiger partial charge in [0.05, 0.1) is 5.41 Å². The second-order valence-corrected chi connectivity index (χ2v) is 8.18. The van der Waals surface area contributed by atoms with E-state index in [1.165, 1.54) is 0 Å². The molecule has 0 N–H and O–H groups in total. The van der Waals surface area contributed by atoms with Crippen LogP contribution in [0.2, 0.25) is 0 Å². The summed E-state index contributed by atoms with van der Waals surface area (Å²) in [5, 5.41) is 2.11. The van der Waals surface area contributed by atoms with Gasteiger partial charge in [-0.15, -0.1) is 12.4 Å². The van der Waals surface area contributed by atoms with Gasteiger partial charge in [-0.25, -0.2) is 0 Å². The van der Waals surface area contributed by atoms with E-state index in [1.807, 2.05) is 30.3 Å². The summed E-state index contributed by atoms with van der Waals surface area (Å²) in [6.07, 6.45) is 3.89. The van der Waals surface area contributed by atoms with E-state index in [0.29, 0.717) is 17.8 Å². The van der Waals surface area contributed by atoms with Crippen LogP contribution in [0.4, 0.5) is 0 Å². The van der Waals surface area contributed by atoms with E-state index in [-0.39, 0.29) is 23.8 Å². The molecule has 0 bridgehead atoms. The predicted octanol–water partition coefficient (Wildman–Crippen LogP) is 5.85. The zero-order valence-electron chi connectivity index (χ0n) is 16.9. The van der Waals surface area contributed by atoms with Gasteiger partial charge in [0.25, 0.3) is 0 Å². The third-order valence-electron chi connectivity index (χ3n) is 5.87. The molecule has 0 unspecified atom stereocenters. The van der Waals surface area contributed by atoms with Crippen LogP contribution in [0.25, 0.3) is 10.8 Å². The second kappa shape index (κ2) is 9.07. The smallest absolute Gasteiger partial charge is 0.317 e. The third kappa shape index (κ3) is 4.64. The SMILES string of the molecule is CC(C)N(CCC1(C(=O)Oc2cccc3ccccc23)CCC1)C(C)C.Cl. The number of fused-ring (bicyclic) bond motifs is 1. The number of ether oxygens (including phenoxy) is 1.